The minimum Gasteiger partial charge on any atom is -0.346 e. The van der Waals surface area contributed by atoms with Crippen LogP contribution >= 0.6 is 11.3 Å². The monoisotopic (exact) mass is 806 g/mol. The van der Waals surface area contributed by atoms with Gasteiger partial charge in [-0.25, -0.2) is 27.2 Å². The number of aryl methyl sites for hydroxylation is 2. The van der Waals surface area contributed by atoms with Crippen molar-refractivity contribution in [1.29, 1.82) is 0 Å². The Balaban J connectivity index is 1.27. The van der Waals surface area contributed by atoms with E-state index >= 15 is 8.78 Å². The number of carbonyl (C=O) groups is 1. The van der Waals surface area contributed by atoms with Crippen molar-refractivity contribution < 1.29 is 43.9 Å². The summed E-state index contributed by atoms with van der Waals surface area (Å²) in [6.07, 6.45) is -4.26. The molecule has 4 heterocycles. The van der Waals surface area contributed by atoms with Crippen LogP contribution in [0.5, 0.6) is 0 Å². The molecule has 6 aromatic rings. The number of fused-ring (bicyclic) bond motifs is 5. The standard InChI is InChI=1S/C35H29F7N8O3S2/c1-15-43-33-25(54-15)13-22(19-5-4-6-21-29(19)49(2)47-32(21)48-55(3,52)53)28(45-33)24(11-16-9-17(36)12-18(37)10-16)44-26(51)14-50-31-27(30(46-50)35(40,41)42)20-7-8-23(20)34(31,38)39/h4-6,9-10,12-13,20,23-24H,7-8,11,14H2,1-3H3,(H,44,51)(H,47,48)/t20-,23+,24?/m0/s1. The zero-order valence-electron chi connectivity index (χ0n) is 29.0. The molecule has 1 fully saturated rings. The summed E-state index contributed by atoms with van der Waals surface area (Å²) in [6.45, 7) is 0.706. The Morgan fingerprint density at radius 3 is 2.44 bits per heavy atom. The number of aromatic nitrogens is 6. The second kappa shape index (κ2) is 12.7. The molecule has 55 heavy (non-hydrogen) atoms. The van der Waals surface area contributed by atoms with E-state index < -0.39 is 81.0 Å². The maximum Gasteiger partial charge on any atom is 0.435 e. The average Bonchev–Trinajstić information content (AvgIpc) is 3.73. The number of amides is 1. The Morgan fingerprint density at radius 2 is 1.78 bits per heavy atom. The van der Waals surface area contributed by atoms with E-state index in [0.29, 0.717) is 42.5 Å². The van der Waals surface area contributed by atoms with Gasteiger partial charge in [-0.1, -0.05) is 12.1 Å². The van der Waals surface area contributed by atoms with Gasteiger partial charge >= 0.3 is 6.18 Å². The summed E-state index contributed by atoms with van der Waals surface area (Å²) >= 11 is 1.30. The summed E-state index contributed by atoms with van der Waals surface area (Å²) in [7, 11) is -2.17. The second-order valence-electron chi connectivity index (χ2n) is 13.8. The van der Waals surface area contributed by atoms with E-state index in [1.165, 1.54) is 16.0 Å². The fraction of sp³-hybridized carbons (Fsp3) is 0.343. The lowest BCUT2D eigenvalue weighted by molar-refractivity contribution is -0.144. The van der Waals surface area contributed by atoms with Gasteiger partial charge < -0.3 is 5.32 Å². The number of benzene rings is 2. The Labute approximate surface area is 311 Å². The van der Waals surface area contributed by atoms with Gasteiger partial charge in [0.1, 0.15) is 23.9 Å². The van der Waals surface area contributed by atoms with Crippen molar-refractivity contribution in [3.63, 3.8) is 0 Å². The molecule has 20 heteroatoms. The lowest BCUT2D eigenvalue weighted by atomic mass is 9.73. The number of nitrogens with zero attached hydrogens (tertiary/aromatic N) is 6. The predicted molar refractivity (Wildman–Crippen MR) is 188 cm³/mol. The molecule has 0 spiro atoms. The zero-order valence-corrected chi connectivity index (χ0v) is 30.6. The van der Waals surface area contributed by atoms with E-state index in [0.717, 1.165) is 18.4 Å². The number of rotatable bonds is 9. The number of carbonyl (C=O) groups excluding carboxylic acids is 1. The molecule has 1 amide bonds. The summed E-state index contributed by atoms with van der Waals surface area (Å²) in [5, 5.41) is 11.5. The number of anilines is 1. The van der Waals surface area contributed by atoms with Crippen molar-refractivity contribution in [2.75, 3.05) is 11.0 Å². The van der Waals surface area contributed by atoms with Gasteiger partial charge in [-0.15, -0.1) is 11.3 Å². The van der Waals surface area contributed by atoms with Gasteiger partial charge in [0, 0.05) is 41.1 Å². The molecule has 1 saturated carbocycles. The normalized spacial score (nSPS) is 18.3. The fourth-order valence-electron chi connectivity index (χ4n) is 7.79. The third-order valence-electron chi connectivity index (χ3n) is 9.96. The van der Waals surface area contributed by atoms with Crippen LogP contribution in [0, 0.1) is 24.5 Å². The maximum absolute atomic E-state index is 15.6. The molecule has 0 aliphatic heterocycles. The molecule has 11 nitrogen and oxygen atoms in total. The highest BCUT2D eigenvalue weighted by Crippen LogP contribution is 2.64. The van der Waals surface area contributed by atoms with Crippen LogP contribution in [0.4, 0.5) is 36.6 Å². The Hall–Kier alpha value is -5.11. The van der Waals surface area contributed by atoms with Gasteiger partial charge in [0.15, 0.2) is 17.2 Å². The highest BCUT2D eigenvalue weighted by molar-refractivity contribution is 7.92. The number of pyridine rings is 1. The van der Waals surface area contributed by atoms with Gasteiger partial charge in [-0.05, 0) is 61.9 Å². The molecule has 4 aromatic heterocycles. The number of halogens is 7. The number of sulfonamides is 1. The topological polar surface area (TPSA) is 137 Å². The third kappa shape index (κ3) is 6.47. The van der Waals surface area contributed by atoms with Crippen LogP contribution in [0.15, 0.2) is 42.5 Å². The molecular weight excluding hydrogens is 778 g/mol. The second-order valence-corrected chi connectivity index (χ2v) is 16.8. The summed E-state index contributed by atoms with van der Waals surface area (Å²) in [5.74, 6) is -8.90. The van der Waals surface area contributed by atoms with Gasteiger partial charge in [0.05, 0.1) is 33.2 Å². The Morgan fingerprint density at radius 1 is 1.05 bits per heavy atom. The van der Waals surface area contributed by atoms with E-state index in [4.69, 9.17) is 4.98 Å². The van der Waals surface area contributed by atoms with Crippen LogP contribution in [0.2, 0.25) is 0 Å². The van der Waals surface area contributed by atoms with Crippen LogP contribution in [0.1, 0.15) is 58.0 Å². The van der Waals surface area contributed by atoms with Crippen LogP contribution in [-0.4, -0.2) is 50.1 Å². The quantitative estimate of drug-likeness (QED) is 0.149. The lowest BCUT2D eigenvalue weighted by Crippen LogP contribution is -2.36. The summed E-state index contributed by atoms with van der Waals surface area (Å²) in [4.78, 5) is 23.2. The van der Waals surface area contributed by atoms with Gasteiger partial charge in [-0.2, -0.15) is 32.1 Å². The minimum absolute atomic E-state index is 0.0182. The molecule has 1 unspecified atom stereocenters. The molecule has 3 atom stereocenters. The van der Waals surface area contributed by atoms with Gasteiger partial charge in [-0.3, -0.25) is 18.9 Å². The Bertz CT molecular complexity index is 2650. The van der Waals surface area contributed by atoms with E-state index in [9.17, 15) is 35.2 Å². The largest absolute Gasteiger partial charge is 0.435 e. The van der Waals surface area contributed by atoms with E-state index in [2.05, 4.69) is 25.2 Å². The first-order valence-corrected chi connectivity index (χ1v) is 19.5. The SMILES string of the molecule is Cc1nc2nc(C(Cc3cc(F)cc(F)c3)NC(=O)Cn3nc(C(F)(F)F)c4c3C(F)(F)[C@@H]3CC[C@H]43)c(-c3cccc4c(NS(C)(=O)=O)nn(C)c34)cc2s1. The molecule has 0 radical (unpaired) electrons. The number of para-hydroxylation sites is 1. The first-order valence-electron chi connectivity index (χ1n) is 16.8. The predicted octanol–water partition coefficient (Wildman–Crippen LogP) is 7.12. The first-order chi connectivity index (χ1) is 25.8. The molecule has 2 aromatic carbocycles. The van der Waals surface area contributed by atoms with Gasteiger partial charge in [0.2, 0.25) is 15.9 Å². The first kappa shape index (κ1) is 36.8. The number of thiazole rings is 1. The molecule has 0 saturated heterocycles. The molecule has 2 N–H and O–H groups in total. The summed E-state index contributed by atoms with van der Waals surface area (Å²) in [6, 6.07) is 8.13. The van der Waals surface area contributed by atoms with Crippen LogP contribution in [0.3, 0.4) is 0 Å². The van der Waals surface area contributed by atoms with E-state index in [1.54, 1.807) is 38.2 Å². The molecule has 2 aliphatic rings. The van der Waals surface area contributed by atoms with Gasteiger partial charge in [0.25, 0.3) is 5.92 Å². The van der Waals surface area contributed by atoms with Crippen molar-refractivity contribution in [3.8, 4) is 11.1 Å². The van der Waals surface area contributed by atoms with Crippen LogP contribution in [0.25, 0.3) is 32.4 Å². The van der Waals surface area contributed by atoms with Crippen molar-refractivity contribution in [2.24, 2.45) is 13.0 Å². The number of nitrogens with one attached hydrogen (secondary N) is 2. The third-order valence-corrected chi connectivity index (χ3v) is 11.4. The summed E-state index contributed by atoms with van der Waals surface area (Å²) in [5.41, 5.74) is -1.36. The van der Waals surface area contributed by atoms with Crippen LogP contribution in [-0.2, 0) is 46.9 Å². The molecule has 2 aliphatic carbocycles. The number of hydrogen-bond acceptors (Lipinski definition) is 8. The zero-order chi connectivity index (χ0) is 39.4. The average molecular weight is 807 g/mol. The highest BCUT2D eigenvalue weighted by atomic mass is 32.2. The smallest absolute Gasteiger partial charge is 0.346 e. The minimum atomic E-state index is -5.06. The van der Waals surface area contributed by atoms with Crippen molar-refractivity contribution >= 4 is 54.3 Å². The van der Waals surface area contributed by atoms with Crippen molar-refractivity contribution in [2.45, 2.75) is 56.8 Å². The van der Waals surface area contributed by atoms with Crippen molar-refractivity contribution in [3.05, 3.63) is 87.3 Å². The van der Waals surface area contributed by atoms with Crippen molar-refractivity contribution in [1.82, 2.24) is 34.8 Å². The van der Waals surface area contributed by atoms with E-state index in [1.807, 2.05) is 0 Å². The highest BCUT2D eigenvalue weighted by Gasteiger charge is 2.63. The van der Waals surface area contributed by atoms with E-state index in [-0.39, 0.29) is 42.0 Å². The Kier molecular flexibility index (Phi) is 8.52. The molecular formula is C35H29F7N8O3S2. The molecule has 8 rings (SSSR count). The summed E-state index contributed by atoms with van der Waals surface area (Å²) < 4.78 is 132. The number of hydrogen-bond donors (Lipinski definition) is 2. The fourth-order valence-corrected chi connectivity index (χ4v) is 9.10. The lowest BCUT2D eigenvalue weighted by Gasteiger charge is -2.34. The maximum atomic E-state index is 15.6. The van der Waals surface area contributed by atoms with Crippen LogP contribution < -0.4 is 10.0 Å². The molecule has 288 valence electrons. The molecule has 0 bridgehead atoms. The number of alkyl halides is 5.